The van der Waals surface area contributed by atoms with Crippen molar-refractivity contribution in [3.05, 3.63) is 59.7 Å². The van der Waals surface area contributed by atoms with E-state index < -0.39 is 23.2 Å². The first-order chi connectivity index (χ1) is 13.5. The predicted molar refractivity (Wildman–Crippen MR) is 102 cm³/mol. The zero-order valence-corrected chi connectivity index (χ0v) is 15.3. The maximum absolute atomic E-state index is 12.8. The van der Waals surface area contributed by atoms with E-state index in [0.717, 1.165) is 0 Å². The van der Waals surface area contributed by atoms with Gasteiger partial charge in [0, 0.05) is 0 Å². The maximum atomic E-state index is 12.8. The van der Waals surface area contributed by atoms with Crippen LogP contribution in [-0.4, -0.2) is 24.4 Å². The van der Waals surface area contributed by atoms with Crippen LogP contribution in [0, 0.1) is 16.7 Å². The van der Waals surface area contributed by atoms with E-state index in [2.05, 4.69) is 10.6 Å². The Kier molecular flexibility index (Phi) is 5.41. The molecule has 0 heterocycles. The fraction of sp³-hybridized carbons (Fsp3) is 0.238. The minimum Gasteiger partial charge on any atom is -0.462 e. The Hall–Kier alpha value is -3.66. The highest BCUT2D eigenvalue weighted by molar-refractivity contribution is 6.18. The summed E-state index contributed by atoms with van der Waals surface area (Å²) in [5.41, 5.74) is -0.0171. The molecular weight excluding hydrogens is 358 g/mol. The highest BCUT2D eigenvalue weighted by Crippen LogP contribution is 2.47. The van der Waals surface area contributed by atoms with E-state index in [4.69, 9.17) is 10.00 Å². The van der Waals surface area contributed by atoms with Crippen LogP contribution in [0.25, 0.3) is 0 Å². The molecule has 28 heavy (non-hydrogen) atoms. The zero-order valence-electron chi connectivity index (χ0n) is 15.3. The molecule has 0 atom stereocenters. The summed E-state index contributed by atoms with van der Waals surface area (Å²) >= 11 is 0. The van der Waals surface area contributed by atoms with Crippen LogP contribution in [0.5, 0.6) is 0 Å². The van der Waals surface area contributed by atoms with E-state index in [0.29, 0.717) is 29.8 Å². The van der Waals surface area contributed by atoms with E-state index in [9.17, 15) is 14.4 Å². The lowest BCUT2D eigenvalue weighted by Gasteiger charge is -2.17. The average molecular weight is 377 g/mol. The fourth-order valence-electron chi connectivity index (χ4n) is 2.83. The quantitative estimate of drug-likeness (QED) is 0.594. The number of amides is 2. The highest BCUT2D eigenvalue weighted by atomic mass is 16.5. The van der Waals surface area contributed by atoms with E-state index in [1.165, 1.54) is 0 Å². The Labute approximate surface area is 162 Å². The third-order valence-electron chi connectivity index (χ3n) is 4.59. The number of esters is 1. The highest BCUT2D eigenvalue weighted by Gasteiger charge is 2.56. The zero-order chi connectivity index (χ0) is 20.1. The van der Waals surface area contributed by atoms with Gasteiger partial charge in [-0.25, -0.2) is 4.79 Å². The molecule has 7 nitrogen and oxygen atoms in total. The van der Waals surface area contributed by atoms with Gasteiger partial charge >= 0.3 is 5.97 Å². The number of carbonyl (C=O) groups excluding carboxylic acids is 3. The summed E-state index contributed by atoms with van der Waals surface area (Å²) in [6, 6.07) is 15.1. The number of anilines is 2. The maximum Gasteiger partial charge on any atom is 0.340 e. The Bertz CT molecular complexity index is 974. The van der Waals surface area contributed by atoms with Crippen molar-refractivity contribution in [2.24, 2.45) is 5.41 Å². The van der Waals surface area contributed by atoms with Gasteiger partial charge < -0.3 is 15.4 Å². The first-order valence-electron chi connectivity index (χ1n) is 8.90. The first-order valence-corrected chi connectivity index (χ1v) is 8.90. The molecule has 7 heteroatoms. The van der Waals surface area contributed by atoms with E-state index in [1.807, 2.05) is 6.07 Å². The molecule has 2 aromatic carbocycles. The van der Waals surface area contributed by atoms with Gasteiger partial charge in [0.05, 0.1) is 29.1 Å². The van der Waals surface area contributed by atoms with Gasteiger partial charge in [-0.05, 0) is 44.0 Å². The van der Waals surface area contributed by atoms with Crippen molar-refractivity contribution >= 4 is 29.2 Å². The van der Waals surface area contributed by atoms with Crippen molar-refractivity contribution in [1.29, 1.82) is 5.26 Å². The second-order valence-corrected chi connectivity index (χ2v) is 6.41. The summed E-state index contributed by atoms with van der Waals surface area (Å²) < 4.78 is 5.00. The van der Waals surface area contributed by atoms with Crippen LogP contribution in [0.15, 0.2) is 48.5 Å². The third-order valence-corrected chi connectivity index (χ3v) is 4.59. The molecule has 0 saturated heterocycles. The number of rotatable bonds is 6. The SMILES string of the molecule is CCOC(=O)c1ccccc1NC(=O)C1(C(=O)Nc2ccccc2C#N)CC1. The van der Waals surface area contributed by atoms with Gasteiger partial charge in [-0.3, -0.25) is 9.59 Å². The number of ether oxygens (including phenoxy) is 1. The van der Waals surface area contributed by atoms with Crippen molar-refractivity contribution in [1.82, 2.24) is 0 Å². The van der Waals surface area contributed by atoms with Crippen molar-refractivity contribution < 1.29 is 19.1 Å². The van der Waals surface area contributed by atoms with E-state index >= 15 is 0 Å². The van der Waals surface area contributed by atoms with Gasteiger partial charge in [0.1, 0.15) is 11.5 Å². The molecule has 1 aliphatic rings. The molecule has 1 fully saturated rings. The topological polar surface area (TPSA) is 108 Å². The average Bonchev–Trinajstić information content (AvgIpc) is 3.51. The number of carbonyl (C=O) groups is 3. The van der Waals surface area contributed by atoms with Gasteiger partial charge in [-0.15, -0.1) is 0 Å². The standard InChI is InChI=1S/C21H19N3O4/c1-2-28-18(25)15-8-4-6-10-17(15)24-20(27)21(11-12-21)19(26)23-16-9-5-3-7-14(16)13-22/h3-10H,2,11-12H2,1H3,(H,23,26)(H,24,27). The number of hydrogen-bond acceptors (Lipinski definition) is 5. The van der Waals surface area contributed by atoms with Crippen LogP contribution in [0.4, 0.5) is 11.4 Å². The Balaban J connectivity index is 1.77. The van der Waals surface area contributed by atoms with Gasteiger partial charge in [0.2, 0.25) is 11.8 Å². The monoisotopic (exact) mass is 377 g/mol. The van der Waals surface area contributed by atoms with Crippen LogP contribution in [-0.2, 0) is 14.3 Å². The summed E-state index contributed by atoms with van der Waals surface area (Å²) in [7, 11) is 0. The fourth-order valence-corrected chi connectivity index (χ4v) is 2.83. The number of nitriles is 1. The van der Waals surface area contributed by atoms with Crippen LogP contribution in [0.3, 0.4) is 0 Å². The lowest BCUT2D eigenvalue weighted by Crippen LogP contribution is -2.36. The Morgan fingerprint density at radius 3 is 2.18 bits per heavy atom. The molecule has 1 saturated carbocycles. The summed E-state index contributed by atoms with van der Waals surface area (Å²) in [4.78, 5) is 37.6. The minimum atomic E-state index is -1.22. The van der Waals surface area contributed by atoms with Crippen molar-refractivity contribution in [2.45, 2.75) is 19.8 Å². The molecule has 0 spiro atoms. The number of para-hydroxylation sites is 2. The molecule has 2 aromatic rings. The van der Waals surface area contributed by atoms with E-state index in [1.54, 1.807) is 55.5 Å². The summed E-state index contributed by atoms with van der Waals surface area (Å²) in [5, 5.41) is 14.5. The summed E-state index contributed by atoms with van der Waals surface area (Å²) in [6.07, 6.45) is 0.780. The Morgan fingerprint density at radius 2 is 1.57 bits per heavy atom. The molecule has 0 aliphatic heterocycles. The third kappa shape index (κ3) is 3.71. The largest absolute Gasteiger partial charge is 0.462 e. The second-order valence-electron chi connectivity index (χ2n) is 6.41. The summed E-state index contributed by atoms with van der Waals surface area (Å²) in [5.74, 6) is -1.51. The normalized spacial score (nSPS) is 13.7. The van der Waals surface area contributed by atoms with Crippen LogP contribution >= 0.6 is 0 Å². The van der Waals surface area contributed by atoms with Gasteiger partial charge in [-0.1, -0.05) is 24.3 Å². The molecular formula is C21H19N3O4. The molecule has 142 valence electrons. The van der Waals surface area contributed by atoms with Gasteiger partial charge in [0.15, 0.2) is 0 Å². The molecule has 0 radical (unpaired) electrons. The molecule has 0 bridgehead atoms. The van der Waals surface area contributed by atoms with Crippen LogP contribution in [0.1, 0.15) is 35.7 Å². The predicted octanol–water partition coefficient (Wildman–Crippen LogP) is 3.09. The second kappa shape index (κ2) is 7.92. The van der Waals surface area contributed by atoms with Gasteiger partial charge in [0.25, 0.3) is 0 Å². The van der Waals surface area contributed by atoms with Crippen molar-refractivity contribution in [3.8, 4) is 6.07 Å². The molecule has 1 aliphatic carbocycles. The van der Waals surface area contributed by atoms with Crippen molar-refractivity contribution in [2.75, 3.05) is 17.2 Å². The number of nitrogens with zero attached hydrogens (tertiary/aromatic N) is 1. The molecule has 2 amide bonds. The lowest BCUT2D eigenvalue weighted by atomic mass is 10.0. The Morgan fingerprint density at radius 1 is 1.00 bits per heavy atom. The van der Waals surface area contributed by atoms with Crippen LogP contribution < -0.4 is 10.6 Å². The van der Waals surface area contributed by atoms with E-state index in [-0.39, 0.29) is 12.2 Å². The van der Waals surface area contributed by atoms with Crippen molar-refractivity contribution in [3.63, 3.8) is 0 Å². The molecule has 3 rings (SSSR count). The molecule has 0 aromatic heterocycles. The molecule has 2 N–H and O–H groups in total. The summed E-state index contributed by atoms with van der Waals surface area (Å²) in [6.45, 7) is 1.91. The minimum absolute atomic E-state index is 0.214. The van der Waals surface area contributed by atoms with Gasteiger partial charge in [-0.2, -0.15) is 5.26 Å². The first kappa shape index (κ1) is 19.1. The molecule has 0 unspecified atom stereocenters. The number of hydrogen-bond donors (Lipinski definition) is 2. The van der Waals surface area contributed by atoms with Crippen LogP contribution in [0.2, 0.25) is 0 Å². The smallest absolute Gasteiger partial charge is 0.340 e. The number of nitrogens with one attached hydrogen (secondary N) is 2. The number of benzene rings is 2. The lowest BCUT2D eigenvalue weighted by molar-refractivity contribution is -0.131.